The second kappa shape index (κ2) is 6.76. The Morgan fingerprint density at radius 3 is 2.62 bits per heavy atom. The summed E-state index contributed by atoms with van der Waals surface area (Å²) in [5.41, 5.74) is 0.628. The van der Waals surface area contributed by atoms with E-state index in [1.165, 1.54) is 6.20 Å². The Morgan fingerprint density at radius 2 is 2.10 bits per heavy atom. The molecule has 0 spiro atoms. The third-order valence-corrected chi connectivity index (χ3v) is 2.78. The number of aryl methyl sites for hydroxylation is 1. The van der Waals surface area contributed by atoms with E-state index in [1.54, 1.807) is 33.8 Å². The number of aromatic nitrogens is 1. The number of carbonyl (C=O) groups is 2. The van der Waals surface area contributed by atoms with Crippen LogP contribution in [0.5, 0.6) is 0 Å². The van der Waals surface area contributed by atoms with Crippen LogP contribution in [0.15, 0.2) is 12.3 Å². The second-order valence-electron chi connectivity index (χ2n) is 5.64. The first-order valence-electron chi connectivity index (χ1n) is 6.42. The van der Waals surface area contributed by atoms with E-state index in [2.05, 4.69) is 10.3 Å². The van der Waals surface area contributed by atoms with Gasteiger partial charge in [-0.1, -0.05) is 11.6 Å². The van der Waals surface area contributed by atoms with E-state index in [-0.39, 0.29) is 6.42 Å². The van der Waals surface area contributed by atoms with Gasteiger partial charge in [-0.05, 0) is 39.3 Å². The normalized spacial score (nSPS) is 12.6. The van der Waals surface area contributed by atoms with Crippen LogP contribution in [0.25, 0.3) is 0 Å². The molecule has 0 saturated heterocycles. The molecule has 0 aliphatic carbocycles. The van der Waals surface area contributed by atoms with E-state index < -0.39 is 23.7 Å². The monoisotopic (exact) mass is 314 g/mol. The van der Waals surface area contributed by atoms with E-state index in [0.717, 1.165) is 0 Å². The number of hydrogen-bond donors (Lipinski definition) is 2. The van der Waals surface area contributed by atoms with Gasteiger partial charge in [0.1, 0.15) is 11.6 Å². The average Bonchev–Trinajstić information content (AvgIpc) is 2.30. The fourth-order valence-corrected chi connectivity index (χ4v) is 1.81. The number of nitrogens with one attached hydrogen (secondary N) is 1. The Hall–Kier alpha value is -1.82. The molecular formula is C14H19ClN2O4. The van der Waals surface area contributed by atoms with Crippen molar-refractivity contribution in [2.75, 3.05) is 0 Å². The van der Waals surface area contributed by atoms with Crippen LogP contribution in [0.2, 0.25) is 5.02 Å². The molecule has 1 aromatic heterocycles. The lowest BCUT2D eigenvalue weighted by Gasteiger charge is -2.22. The number of rotatable bonds is 4. The summed E-state index contributed by atoms with van der Waals surface area (Å²) >= 11 is 5.85. The highest BCUT2D eigenvalue weighted by Gasteiger charge is 2.24. The van der Waals surface area contributed by atoms with Gasteiger partial charge < -0.3 is 15.2 Å². The summed E-state index contributed by atoms with van der Waals surface area (Å²) in [5.74, 6) is -1.15. The van der Waals surface area contributed by atoms with Gasteiger partial charge in [0.2, 0.25) is 0 Å². The maximum Gasteiger partial charge on any atom is 0.408 e. The number of amides is 1. The van der Waals surface area contributed by atoms with E-state index in [4.69, 9.17) is 16.3 Å². The van der Waals surface area contributed by atoms with Crippen LogP contribution < -0.4 is 5.32 Å². The highest BCUT2D eigenvalue weighted by molar-refractivity contribution is 6.30. The summed E-state index contributed by atoms with van der Waals surface area (Å²) in [6.07, 6.45) is 0.786. The number of carboxylic acid groups (broad SMARTS) is 1. The van der Waals surface area contributed by atoms with Crippen molar-refractivity contribution < 1.29 is 19.4 Å². The number of nitrogens with zero attached hydrogens (tertiary/aromatic N) is 1. The molecule has 1 heterocycles. The molecule has 0 unspecified atom stereocenters. The van der Waals surface area contributed by atoms with Crippen LogP contribution in [0, 0.1) is 6.92 Å². The minimum atomic E-state index is -1.15. The molecule has 116 valence electrons. The van der Waals surface area contributed by atoms with Crippen molar-refractivity contribution in [1.29, 1.82) is 0 Å². The number of carboxylic acids is 1. The summed E-state index contributed by atoms with van der Waals surface area (Å²) < 4.78 is 5.05. The van der Waals surface area contributed by atoms with Crippen molar-refractivity contribution >= 4 is 23.7 Å². The molecule has 1 rings (SSSR count). The predicted octanol–water partition coefficient (Wildman–Crippen LogP) is 2.56. The zero-order valence-corrected chi connectivity index (χ0v) is 13.2. The zero-order valence-electron chi connectivity index (χ0n) is 12.4. The van der Waals surface area contributed by atoms with E-state index in [0.29, 0.717) is 16.3 Å². The largest absolute Gasteiger partial charge is 0.480 e. The van der Waals surface area contributed by atoms with Crippen LogP contribution in [0.3, 0.4) is 0 Å². The summed E-state index contributed by atoms with van der Waals surface area (Å²) in [6.45, 7) is 6.85. The van der Waals surface area contributed by atoms with Crippen LogP contribution in [0.1, 0.15) is 32.0 Å². The molecular weight excluding hydrogens is 296 g/mol. The molecule has 1 aromatic rings. The van der Waals surface area contributed by atoms with E-state index >= 15 is 0 Å². The van der Waals surface area contributed by atoms with Gasteiger partial charge in [0, 0.05) is 18.3 Å². The van der Waals surface area contributed by atoms with Crippen molar-refractivity contribution in [1.82, 2.24) is 10.3 Å². The second-order valence-corrected chi connectivity index (χ2v) is 6.08. The fraction of sp³-hybridized carbons (Fsp3) is 0.500. The first-order chi connectivity index (χ1) is 9.58. The van der Waals surface area contributed by atoms with Crippen molar-refractivity contribution in [3.05, 3.63) is 28.5 Å². The topological polar surface area (TPSA) is 88.5 Å². The molecule has 21 heavy (non-hydrogen) atoms. The predicted molar refractivity (Wildman–Crippen MR) is 78.5 cm³/mol. The molecule has 2 N–H and O–H groups in total. The van der Waals surface area contributed by atoms with E-state index in [1.807, 2.05) is 0 Å². The number of aliphatic carboxylic acids is 1. The SMILES string of the molecule is Cc1ncc(Cl)cc1C[C@H](NC(=O)OC(C)(C)C)C(=O)O. The molecule has 1 atom stereocenters. The van der Waals surface area contributed by atoms with E-state index in [9.17, 15) is 14.7 Å². The molecule has 0 aromatic carbocycles. The van der Waals surface area contributed by atoms with Gasteiger partial charge >= 0.3 is 12.1 Å². The molecule has 0 bridgehead atoms. The number of carbonyl (C=O) groups excluding carboxylic acids is 1. The van der Waals surface area contributed by atoms with Gasteiger partial charge in [-0.2, -0.15) is 0 Å². The van der Waals surface area contributed by atoms with Gasteiger partial charge in [-0.25, -0.2) is 9.59 Å². The lowest BCUT2D eigenvalue weighted by Crippen LogP contribution is -2.44. The van der Waals surface area contributed by atoms with Crippen LogP contribution in [-0.4, -0.2) is 33.8 Å². The Kier molecular flexibility index (Phi) is 5.54. The van der Waals surface area contributed by atoms with Crippen molar-refractivity contribution in [2.45, 2.75) is 45.8 Å². The van der Waals surface area contributed by atoms with Crippen molar-refractivity contribution in [3.63, 3.8) is 0 Å². The standard InChI is InChI=1S/C14H19ClN2O4/c1-8-9(5-10(15)7-16-8)6-11(12(18)19)17-13(20)21-14(2,3)4/h5,7,11H,6H2,1-4H3,(H,17,20)(H,18,19)/t11-/m0/s1. The lowest BCUT2D eigenvalue weighted by molar-refractivity contribution is -0.139. The number of pyridine rings is 1. The number of hydrogen-bond acceptors (Lipinski definition) is 4. The van der Waals surface area contributed by atoms with Crippen LogP contribution >= 0.6 is 11.6 Å². The Balaban J connectivity index is 2.81. The summed E-state index contributed by atoms with van der Waals surface area (Å²) in [6, 6.07) is 0.523. The Bertz CT molecular complexity index is 540. The zero-order chi connectivity index (χ0) is 16.2. The quantitative estimate of drug-likeness (QED) is 0.891. The molecule has 0 saturated carbocycles. The molecule has 0 aliphatic heterocycles. The molecule has 7 heteroatoms. The third-order valence-electron chi connectivity index (χ3n) is 2.57. The van der Waals surface area contributed by atoms with Gasteiger partial charge in [0.05, 0.1) is 5.02 Å². The number of ether oxygens (including phenoxy) is 1. The lowest BCUT2D eigenvalue weighted by atomic mass is 10.1. The smallest absolute Gasteiger partial charge is 0.408 e. The summed E-state index contributed by atoms with van der Waals surface area (Å²) in [7, 11) is 0. The Morgan fingerprint density at radius 1 is 1.48 bits per heavy atom. The summed E-state index contributed by atoms with van der Waals surface area (Å²) in [4.78, 5) is 27.0. The fourth-order valence-electron chi connectivity index (χ4n) is 1.63. The first-order valence-corrected chi connectivity index (χ1v) is 6.79. The number of alkyl carbamates (subject to hydrolysis) is 1. The average molecular weight is 315 g/mol. The maximum atomic E-state index is 11.7. The minimum absolute atomic E-state index is 0.0774. The first kappa shape index (κ1) is 17.2. The molecule has 0 aliphatic rings. The van der Waals surface area contributed by atoms with Crippen LogP contribution in [-0.2, 0) is 16.0 Å². The van der Waals surface area contributed by atoms with Gasteiger partial charge in [0.25, 0.3) is 0 Å². The van der Waals surface area contributed by atoms with Gasteiger partial charge in [-0.15, -0.1) is 0 Å². The molecule has 0 fully saturated rings. The van der Waals surface area contributed by atoms with Gasteiger partial charge in [-0.3, -0.25) is 4.98 Å². The number of halogens is 1. The molecule has 1 amide bonds. The Labute approximate surface area is 128 Å². The maximum absolute atomic E-state index is 11.7. The third kappa shape index (κ3) is 5.99. The van der Waals surface area contributed by atoms with Crippen molar-refractivity contribution in [3.8, 4) is 0 Å². The molecule has 6 nitrogen and oxygen atoms in total. The highest BCUT2D eigenvalue weighted by atomic mass is 35.5. The van der Waals surface area contributed by atoms with Gasteiger partial charge in [0.15, 0.2) is 0 Å². The summed E-state index contributed by atoms with van der Waals surface area (Å²) in [5, 5.41) is 12.0. The van der Waals surface area contributed by atoms with Crippen LogP contribution in [0.4, 0.5) is 4.79 Å². The molecule has 0 radical (unpaired) electrons. The highest BCUT2D eigenvalue weighted by Crippen LogP contribution is 2.15. The van der Waals surface area contributed by atoms with Crippen molar-refractivity contribution in [2.24, 2.45) is 0 Å². The minimum Gasteiger partial charge on any atom is -0.480 e.